The Morgan fingerprint density at radius 2 is 1.46 bits per heavy atom. The van der Waals surface area contributed by atoms with E-state index in [2.05, 4.69) is 5.32 Å². The van der Waals surface area contributed by atoms with Crippen LogP contribution in [0.3, 0.4) is 0 Å². The molecule has 0 unspecified atom stereocenters. The van der Waals surface area contributed by atoms with Crippen molar-refractivity contribution in [2.45, 2.75) is 51.4 Å². The molecule has 1 saturated carbocycles. The van der Waals surface area contributed by atoms with E-state index >= 15 is 0 Å². The Kier molecular flexibility index (Phi) is 4.86. The minimum Gasteiger partial charge on any atom is -0.388 e. The molecule has 2 fully saturated rings. The molecule has 2 aliphatic rings. The first-order valence-corrected chi connectivity index (χ1v) is 5.41. The van der Waals surface area contributed by atoms with Crippen molar-refractivity contribution in [2.75, 3.05) is 6.54 Å². The first-order chi connectivity index (χ1) is 5.97. The zero-order valence-corrected chi connectivity index (χ0v) is 9.99. The van der Waals surface area contributed by atoms with Gasteiger partial charge in [-0.15, -0.1) is 17.0 Å². The predicted octanol–water partition coefficient (Wildman–Crippen LogP) is 3.56. The first-order valence-electron chi connectivity index (χ1n) is 5.41. The van der Waals surface area contributed by atoms with Gasteiger partial charge >= 0.3 is 0 Å². The predicted molar refractivity (Wildman–Crippen MR) is 62.3 cm³/mol. The van der Waals surface area contributed by atoms with Gasteiger partial charge in [-0.3, -0.25) is 0 Å². The second-order valence-electron chi connectivity index (χ2n) is 4.03. The monoisotopic (exact) mass is 245 g/mol. The summed E-state index contributed by atoms with van der Waals surface area (Å²) in [5, 5.41) is 3.57. The highest BCUT2D eigenvalue weighted by atomic mass is 79.9. The van der Waals surface area contributed by atoms with Crippen LogP contribution < -0.4 is 5.32 Å². The van der Waals surface area contributed by atoms with Crippen LogP contribution >= 0.6 is 17.0 Å². The fourth-order valence-corrected chi connectivity index (χ4v) is 2.34. The van der Waals surface area contributed by atoms with Crippen LogP contribution in [0.25, 0.3) is 0 Å². The van der Waals surface area contributed by atoms with Gasteiger partial charge in [0.2, 0.25) is 0 Å². The summed E-state index contributed by atoms with van der Waals surface area (Å²) in [7, 11) is 0. The summed E-state index contributed by atoms with van der Waals surface area (Å²) in [6.45, 7) is 1.22. The summed E-state index contributed by atoms with van der Waals surface area (Å²) in [6.07, 6.45) is 11.2. The van der Waals surface area contributed by atoms with Gasteiger partial charge in [0.25, 0.3) is 0 Å². The van der Waals surface area contributed by atoms with E-state index in [4.69, 9.17) is 0 Å². The second kappa shape index (κ2) is 5.69. The third-order valence-electron chi connectivity index (χ3n) is 3.08. The molecule has 13 heavy (non-hydrogen) atoms. The van der Waals surface area contributed by atoms with Gasteiger partial charge in [0.05, 0.1) is 0 Å². The Labute approximate surface area is 91.7 Å². The van der Waals surface area contributed by atoms with Crippen molar-refractivity contribution in [2.24, 2.45) is 0 Å². The number of rotatable bonds is 0. The van der Waals surface area contributed by atoms with Crippen LogP contribution in [0.15, 0.2) is 11.3 Å². The van der Waals surface area contributed by atoms with Gasteiger partial charge in [-0.2, -0.15) is 0 Å². The van der Waals surface area contributed by atoms with Crippen LogP contribution in [0.1, 0.15) is 51.4 Å². The highest BCUT2D eigenvalue weighted by Gasteiger charge is 2.12. The van der Waals surface area contributed by atoms with Crippen LogP contribution in [0.4, 0.5) is 0 Å². The van der Waals surface area contributed by atoms with Crippen molar-refractivity contribution >= 4 is 17.0 Å². The molecule has 0 spiro atoms. The molecule has 76 valence electrons. The Balaban J connectivity index is 0.000000845. The molecule has 1 aliphatic heterocycles. The van der Waals surface area contributed by atoms with E-state index in [0.717, 1.165) is 0 Å². The average molecular weight is 246 g/mol. The van der Waals surface area contributed by atoms with Gasteiger partial charge in [0.15, 0.2) is 0 Å². The molecular formula is C11H20BrN. The van der Waals surface area contributed by atoms with Crippen LogP contribution in [-0.4, -0.2) is 6.54 Å². The molecule has 1 saturated heterocycles. The lowest BCUT2D eigenvalue weighted by atomic mass is 9.91. The fraction of sp³-hybridized carbons (Fsp3) is 0.818. The largest absolute Gasteiger partial charge is 0.388 e. The molecule has 1 N–H and O–H groups in total. The molecule has 2 rings (SSSR count). The van der Waals surface area contributed by atoms with Crippen molar-refractivity contribution in [3.05, 3.63) is 11.3 Å². The quantitative estimate of drug-likeness (QED) is 0.689. The maximum Gasteiger partial charge on any atom is 0.0144 e. The lowest BCUT2D eigenvalue weighted by Gasteiger charge is -2.23. The van der Waals surface area contributed by atoms with Gasteiger partial charge in [-0.25, -0.2) is 0 Å². The maximum atomic E-state index is 3.57. The summed E-state index contributed by atoms with van der Waals surface area (Å²) in [5.74, 6) is 0. The number of piperidine rings is 1. The first kappa shape index (κ1) is 11.1. The van der Waals surface area contributed by atoms with E-state index in [1.54, 1.807) is 11.3 Å². The van der Waals surface area contributed by atoms with E-state index in [9.17, 15) is 0 Å². The maximum absolute atomic E-state index is 3.57. The third kappa shape index (κ3) is 3.01. The van der Waals surface area contributed by atoms with E-state index in [-0.39, 0.29) is 17.0 Å². The van der Waals surface area contributed by atoms with Crippen LogP contribution in [0.2, 0.25) is 0 Å². The Hall–Kier alpha value is 0.0200. The number of hydrogen-bond acceptors (Lipinski definition) is 1. The van der Waals surface area contributed by atoms with Crippen LogP contribution in [0, 0.1) is 0 Å². The minimum absolute atomic E-state index is 0. The number of halogens is 1. The second-order valence-corrected chi connectivity index (χ2v) is 4.03. The SMILES string of the molecule is Br.C1CCC(=C2CCCCN2)CC1. The van der Waals surface area contributed by atoms with Crippen LogP contribution in [-0.2, 0) is 0 Å². The summed E-state index contributed by atoms with van der Waals surface area (Å²) in [6, 6.07) is 0. The summed E-state index contributed by atoms with van der Waals surface area (Å²) in [4.78, 5) is 0. The molecule has 0 radical (unpaired) electrons. The lowest BCUT2D eigenvalue weighted by Crippen LogP contribution is -2.22. The Morgan fingerprint density at radius 3 is 2.08 bits per heavy atom. The number of nitrogens with one attached hydrogen (secondary N) is 1. The molecule has 1 nitrogen and oxygen atoms in total. The standard InChI is InChI=1S/C11H19N.BrH/c1-2-6-10(7-3-1)11-8-4-5-9-12-11;/h12H,1-9H2;1H. The zero-order valence-electron chi connectivity index (χ0n) is 8.27. The van der Waals surface area contributed by atoms with E-state index < -0.39 is 0 Å². The average Bonchev–Trinajstić information content (AvgIpc) is 2.21. The highest BCUT2D eigenvalue weighted by molar-refractivity contribution is 8.93. The molecule has 0 atom stereocenters. The van der Waals surface area contributed by atoms with Crippen molar-refractivity contribution < 1.29 is 0 Å². The minimum atomic E-state index is 0. The Morgan fingerprint density at radius 1 is 0.769 bits per heavy atom. The van der Waals surface area contributed by atoms with Gasteiger partial charge in [-0.05, 0) is 44.9 Å². The van der Waals surface area contributed by atoms with Gasteiger partial charge in [0.1, 0.15) is 0 Å². The van der Waals surface area contributed by atoms with Gasteiger partial charge < -0.3 is 5.32 Å². The van der Waals surface area contributed by atoms with Crippen LogP contribution in [0.5, 0.6) is 0 Å². The molecule has 0 aromatic rings. The smallest absolute Gasteiger partial charge is 0.0144 e. The number of hydrogen-bond donors (Lipinski definition) is 1. The molecule has 1 aliphatic carbocycles. The van der Waals surface area contributed by atoms with Gasteiger partial charge in [-0.1, -0.05) is 12.0 Å². The van der Waals surface area contributed by atoms with Crippen molar-refractivity contribution in [1.29, 1.82) is 0 Å². The summed E-state index contributed by atoms with van der Waals surface area (Å²) >= 11 is 0. The molecule has 0 aromatic carbocycles. The molecule has 0 amide bonds. The van der Waals surface area contributed by atoms with Gasteiger partial charge in [0, 0.05) is 12.2 Å². The Bertz CT molecular complexity index is 151. The number of allylic oxidation sites excluding steroid dienone is 2. The van der Waals surface area contributed by atoms with Crippen molar-refractivity contribution in [3.8, 4) is 0 Å². The molecular weight excluding hydrogens is 226 g/mol. The fourth-order valence-electron chi connectivity index (χ4n) is 2.34. The summed E-state index contributed by atoms with van der Waals surface area (Å²) < 4.78 is 0. The zero-order chi connectivity index (χ0) is 8.23. The van der Waals surface area contributed by atoms with Crippen molar-refractivity contribution in [1.82, 2.24) is 5.32 Å². The summed E-state index contributed by atoms with van der Waals surface area (Å²) in [5.41, 5.74) is 3.36. The molecule has 1 heterocycles. The molecule has 0 bridgehead atoms. The third-order valence-corrected chi connectivity index (χ3v) is 3.08. The highest BCUT2D eigenvalue weighted by Crippen LogP contribution is 2.27. The molecule has 0 aromatic heterocycles. The molecule has 2 heteroatoms. The van der Waals surface area contributed by atoms with E-state index in [1.165, 1.54) is 57.9 Å². The van der Waals surface area contributed by atoms with E-state index in [1.807, 2.05) is 0 Å². The normalized spacial score (nSPS) is 23.4. The lowest BCUT2D eigenvalue weighted by molar-refractivity contribution is 0.538. The van der Waals surface area contributed by atoms with E-state index in [0.29, 0.717) is 0 Å². The van der Waals surface area contributed by atoms with Crippen molar-refractivity contribution in [3.63, 3.8) is 0 Å². The topological polar surface area (TPSA) is 12.0 Å².